The maximum atomic E-state index is 12.2. The van der Waals surface area contributed by atoms with Crippen molar-refractivity contribution in [1.29, 1.82) is 0 Å². The Morgan fingerprint density at radius 1 is 1.20 bits per heavy atom. The van der Waals surface area contributed by atoms with Gasteiger partial charge in [-0.05, 0) is 11.2 Å². The minimum atomic E-state index is -0.759. The van der Waals surface area contributed by atoms with Crippen molar-refractivity contribution in [3.63, 3.8) is 0 Å². The lowest BCUT2D eigenvalue weighted by molar-refractivity contribution is -0.394. The molecule has 106 valence electrons. The summed E-state index contributed by atoms with van der Waals surface area (Å²) < 4.78 is 0. The van der Waals surface area contributed by atoms with E-state index in [4.69, 9.17) is 11.2 Å². The number of amides is 1. The molecule has 1 amide bonds. The second kappa shape index (κ2) is 5.59. The Hall–Kier alpha value is -1.94. The van der Waals surface area contributed by atoms with Gasteiger partial charge in [-0.3, -0.25) is 25.0 Å². The SMILES string of the molecule is O=C(c1cc([N+](=O)[O-])cc([N+](=O)[O-])c1)N1CCS(=S)C1. The average molecular weight is 315 g/mol. The first-order valence-electron chi connectivity index (χ1n) is 5.46. The minimum Gasteiger partial charge on any atom is -0.328 e. The third-order valence-electron chi connectivity index (χ3n) is 2.75. The molecule has 1 atom stereocenters. The lowest BCUT2D eigenvalue weighted by Crippen LogP contribution is -2.28. The van der Waals surface area contributed by atoms with E-state index >= 15 is 0 Å². The van der Waals surface area contributed by atoms with Crippen LogP contribution in [0.1, 0.15) is 10.4 Å². The van der Waals surface area contributed by atoms with Crippen LogP contribution in [0.15, 0.2) is 18.2 Å². The Morgan fingerprint density at radius 3 is 2.15 bits per heavy atom. The van der Waals surface area contributed by atoms with Crippen LogP contribution in [0.25, 0.3) is 0 Å². The molecule has 10 heteroatoms. The smallest absolute Gasteiger partial charge is 0.277 e. The van der Waals surface area contributed by atoms with Crippen LogP contribution in [0.4, 0.5) is 11.4 Å². The van der Waals surface area contributed by atoms with Gasteiger partial charge in [-0.1, -0.05) is 9.45 Å². The van der Waals surface area contributed by atoms with Crippen LogP contribution in [-0.2, 0) is 20.6 Å². The van der Waals surface area contributed by atoms with Crippen LogP contribution in [0.3, 0.4) is 0 Å². The topological polar surface area (TPSA) is 107 Å². The van der Waals surface area contributed by atoms with Gasteiger partial charge in [-0.2, -0.15) is 0 Å². The van der Waals surface area contributed by atoms with E-state index in [1.54, 1.807) is 0 Å². The number of carbonyl (C=O) groups excluding carboxylic acids is 1. The van der Waals surface area contributed by atoms with Gasteiger partial charge in [0, 0.05) is 24.4 Å². The Labute approximate surface area is 120 Å². The molecule has 1 aromatic carbocycles. The first kappa shape index (κ1) is 14.5. The minimum absolute atomic E-state index is 0.0557. The number of non-ortho nitro benzene ring substituents is 2. The Kier molecular flexibility index (Phi) is 4.04. The van der Waals surface area contributed by atoms with Crippen LogP contribution < -0.4 is 0 Å². The Morgan fingerprint density at radius 2 is 1.75 bits per heavy atom. The molecule has 1 heterocycles. The van der Waals surface area contributed by atoms with Crippen molar-refractivity contribution in [2.24, 2.45) is 0 Å². The van der Waals surface area contributed by atoms with Crippen LogP contribution in [0.2, 0.25) is 0 Å². The highest BCUT2D eigenvalue weighted by Crippen LogP contribution is 2.24. The zero-order valence-corrected chi connectivity index (χ0v) is 11.7. The summed E-state index contributed by atoms with van der Waals surface area (Å²) in [5, 5.41) is 21.5. The Balaban J connectivity index is 2.39. The van der Waals surface area contributed by atoms with Gasteiger partial charge in [0.15, 0.2) is 0 Å². The molecule has 1 aromatic rings. The molecule has 2 rings (SSSR count). The lowest BCUT2D eigenvalue weighted by atomic mass is 10.1. The summed E-state index contributed by atoms with van der Waals surface area (Å²) in [5.74, 6) is 0.652. The van der Waals surface area contributed by atoms with Crippen LogP contribution in [-0.4, -0.2) is 38.8 Å². The van der Waals surface area contributed by atoms with Crippen LogP contribution in [0, 0.1) is 20.2 Å². The fourth-order valence-electron chi connectivity index (χ4n) is 1.79. The zero-order chi connectivity index (χ0) is 14.9. The highest BCUT2D eigenvalue weighted by atomic mass is 32.8. The maximum absolute atomic E-state index is 12.2. The number of nitrogens with zero attached hydrogens (tertiary/aromatic N) is 3. The third-order valence-corrected chi connectivity index (χ3v) is 4.80. The van der Waals surface area contributed by atoms with E-state index in [0.717, 1.165) is 18.2 Å². The highest BCUT2D eigenvalue weighted by molar-refractivity contribution is 8.29. The van der Waals surface area contributed by atoms with Crippen molar-refractivity contribution in [2.75, 3.05) is 18.2 Å². The molecule has 0 saturated carbocycles. The zero-order valence-electron chi connectivity index (χ0n) is 10.1. The molecule has 0 bridgehead atoms. The second-order valence-electron chi connectivity index (χ2n) is 4.09. The molecule has 1 saturated heterocycles. The summed E-state index contributed by atoms with van der Waals surface area (Å²) in [6.07, 6.45) is 0. The van der Waals surface area contributed by atoms with Gasteiger partial charge in [0.2, 0.25) is 0 Å². The number of benzene rings is 1. The van der Waals surface area contributed by atoms with E-state index in [1.807, 2.05) is 0 Å². The summed E-state index contributed by atoms with van der Waals surface area (Å²) in [7, 11) is -0.305. The van der Waals surface area contributed by atoms with E-state index in [0.29, 0.717) is 18.2 Å². The predicted octanol–water partition coefficient (Wildman–Crippen LogP) is 0.996. The molecule has 0 radical (unpaired) electrons. The van der Waals surface area contributed by atoms with Gasteiger partial charge >= 0.3 is 0 Å². The molecular formula is C10H9N3O5S2. The van der Waals surface area contributed by atoms with E-state index < -0.39 is 27.1 Å². The Bertz CT molecular complexity index is 601. The standard InChI is InChI=1S/C10H9N3O5S2/c14-10(11-1-2-20(19)6-11)7-3-8(12(15)16)5-9(4-7)13(17)18/h3-5H,1-2,6H2. The van der Waals surface area contributed by atoms with E-state index in [9.17, 15) is 25.0 Å². The molecule has 1 aliphatic heterocycles. The lowest BCUT2D eigenvalue weighted by Gasteiger charge is -2.14. The summed E-state index contributed by atoms with van der Waals surface area (Å²) >= 11 is 5.10. The largest absolute Gasteiger partial charge is 0.328 e. The van der Waals surface area contributed by atoms with Gasteiger partial charge in [-0.25, -0.2) is 0 Å². The molecule has 1 aliphatic rings. The summed E-state index contributed by atoms with van der Waals surface area (Å²) in [5.41, 5.74) is -1.00. The fraction of sp³-hybridized carbons (Fsp3) is 0.300. The number of rotatable bonds is 3. The molecular weight excluding hydrogens is 306 g/mol. The molecule has 1 fully saturated rings. The number of carbonyl (C=O) groups is 1. The predicted molar refractivity (Wildman–Crippen MR) is 75.3 cm³/mol. The van der Waals surface area contributed by atoms with E-state index in [1.165, 1.54) is 4.90 Å². The molecule has 0 spiro atoms. The van der Waals surface area contributed by atoms with Crippen molar-refractivity contribution < 1.29 is 14.6 Å². The number of hydrogen-bond donors (Lipinski definition) is 0. The van der Waals surface area contributed by atoms with Crippen LogP contribution >= 0.6 is 0 Å². The quantitative estimate of drug-likeness (QED) is 0.608. The molecule has 0 aliphatic carbocycles. The van der Waals surface area contributed by atoms with Gasteiger partial charge in [0.25, 0.3) is 17.3 Å². The van der Waals surface area contributed by atoms with Gasteiger partial charge < -0.3 is 4.90 Å². The molecule has 0 N–H and O–H groups in total. The molecule has 8 nitrogen and oxygen atoms in total. The van der Waals surface area contributed by atoms with E-state index in [2.05, 4.69) is 0 Å². The first-order valence-corrected chi connectivity index (χ1v) is 7.95. The highest BCUT2D eigenvalue weighted by Gasteiger charge is 2.26. The fourth-order valence-corrected chi connectivity index (χ4v) is 3.54. The number of nitro groups is 2. The number of nitro benzene ring substituents is 2. The summed E-state index contributed by atoms with van der Waals surface area (Å²) in [4.78, 5) is 33.7. The number of hydrogen-bond acceptors (Lipinski definition) is 6. The van der Waals surface area contributed by atoms with Crippen molar-refractivity contribution in [3.8, 4) is 0 Å². The van der Waals surface area contributed by atoms with Crippen molar-refractivity contribution in [1.82, 2.24) is 4.90 Å². The van der Waals surface area contributed by atoms with Crippen molar-refractivity contribution >= 4 is 37.9 Å². The van der Waals surface area contributed by atoms with E-state index in [-0.39, 0.29) is 15.0 Å². The summed E-state index contributed by atoms with van der Waals surface area (Å²) in [6, 6.07) is 2.93. The van der Waals surface area contributed by atoms with Crippen molar-refractivity contribution in [3.05, 3.63) is 44.0 Å². The molecule has 1 unspecified atom stereocenters. The summed E-state index contributed by atoms with van der Waals surface area (Å²) in [6.45, 7) is 0.474. The monoisotopic (exact) mass is 315 g/mol. The van der Waals surface area contributed by atoms with Crippen LogP contribution in [0.5, 0.6) is 0 Å². The molecule has 0 aromatic heterocycles. The van der Waals surface area contributed by atoms with Gasteiger partial charge in [0.1, 0.15) is 0 Å². The maximum Gasteiger partial charge on any atom is 0.277 e. The first-order chi connectivity index (χ1) is 9.38. The van der Waals surface area contributed by atoms with Gasteiger partial charge in [-0.15, -0.1) is 0 Å². The third kappa shape index (κ3) is 2.96. The van der Waals surface area contributed by atoms with Gasteiger partial charge in [0.05, 0.1) is 27.4 Å². The molecule has 20 heavy (non-hydrogen) atoms. The average Bonchev–Trinajstić information content (AvgIpc) is 2.83. The normalized spacial score (nSPS) is 18.0. The van der Waals surface area contributed by atoms with Crippen molar-refractivity contribution in [2.45, 2.75) is 0 Å². The second-order valence-corrected chi connectivity index (χ2v) is 7.05.